The largest absolute Gasteiger partial charge is 0.384 e. The van der Waals surface area contributed by atoms with E-state index in [0.717, 1.165) is 21.9 Å². The van der Waals surface area contributed by atoms with Crippen molar-refractivity contribution in [2.75, 3.05) is 0 Å². The highest BCUT2D eigenvalue weighted by Crippen LogP contribution is 2.33. The Morgan fingerprint density at radius 2 is 1.81 bits per heavy atom. The summed E-state index contributed by atoms with van der Waals surface area (Å²) in [6.07, 6.45) is -0.858. The Hall–Kier alpha value is -1.71. The molecule has 3 aromatic rings. The third-order valence-electron chi connectivity index (χ3n) is 3.66. The molecule has 0 aliphatic rings. The molecule has 1 atom stereocenters. The number of hydrogen-bond acceptors (Lipinski definition) is 1. The van der Waals surface area contributed by atoms with Crippen LogP contribution in [0.5, 0.6) is 0 Å². The zero-order valence-corrected chi connectivity index (χ0v) is 13.1. The molecule has 0 amide bonds. The molecule has 0 saturated heterocycles. The van der Waals surface area contributed by atoms with Gasteiger partial charge in [0.25, 0.3) is 0 Å². The summed E-state index contributed by atoms with van der Waals surface area (Å²) in [6, 6.07) is 16.4. The standard InChI is InChI=1S/C18H14BrFO/c1-11-6-7-12-4-2-3-5-16(12)17(11)18(21)13-8-14(19)10-15(20)9-13/h2-10,18,21H,1H3. The highest BCUT2D eigenvalue weighted by molar-refractivity contribution is 9.10. The summed E-state index contributed by atoms with van der Waals surface area (Å²) in [5.41, 5.74) is 2.36. The minimum absolute atomic E-state index is 0.365. The SMILES string of the molecule is Cc1ccc2ccccc2c1C(O)c1cc(F)cc(Br)c1. The first-order chi connectivity index (χ1) is 10.1. The van der Waals surface area contributed by atoms with Crippen molar-refractivity contribution in [1.29, 1.82) is 0 Å². The predicted molar refractivity (Wildman–Crippen MR) is 86.8 cm³/mol. The summed E-state index contributed by atoms with van der Waals surface area (Å²) in [4.78, 5) is 0. The second kappa shape index (κ2) is 5.58. The first-order valence-corrected chi connectivity index (χ1v) is 7.48. The van der Waals surface area contributed by atoms with Crippen molar-refractivity contribution >= 4 is 26.7 Å². The van der Waals surface area contributed by atoms with Crippen molar-refractivity contribution in [2.45, 2.75) is 13.0 Å². The van der Waals surface area contributed by atoms with E-state index in [1.165, 1.54) is 12.1 Å². The summed E-state index contributed by atoms with van der Waals surface area (Å²) in [5.74, 6) is -0.365. The average molecular weight is 345 g/mol. The summed E-state index contributed by atoms with van der Waals surface area (Å²) in [5, 5.41) is 12.8. The molecule has 1 N–H and O–H groups in total. The Balaban J connectivity index is 2.21. The first kappa shape index (κ1) is 14.2. The van der Waals surface area contributed by atoms with Crippen LogP contribution >= 0.6 is 15.9 Å². The third kappa shape index (κ3) is 2.71. The van der Waals surface area contributed by atoms with E-state index < -0.39 is 6.10 Å². The molecule has 0 spiro atoms. The third-order valence-corrected chi connectivity index (χ3v) is 4.12. The Labute approximate surface area is 131 Å². The molecule has 1 nitrogen and oxygen atoms in total. The second-order valence-corrected chi connectivity index (χ2v) is 6.04. The lowest BCUT2D eigenvalue weighted by molar-refractivity contribution is 0.220. The Morgan fingerprint density at radius 1 is 1.05 bits per heavy atom. The molecular formula is C18H14BrFO. The summed E-state index contributed by atoms with van der Waals surface area (Å²) in [7, 11) is 0. The first-order valence-electron chi connectivity index (χ1n) is 6.68. The Bertz CT molecular complexity index is 793. The van der Waals surface area contributed by atoms with E-state index in [9.17, 15) is 9.50 Å². The number of halogens is 2. The average Bonchev–Trinajstić information content (AvgIpc) is 2.45. The number of fused-ring (bicyclic) bond motifs is 1. The Morgan fingerprint density at radius 3 is 2.57 bits per heavy atom. The highest BCUT2D eigenvalue weighted by Gasteiger charge is 2.17. The molecule has 3 rings (SSSR count). The Kier molecular flexibility index (Phi) is 3.79. The normalized spacial score (nSPS) is 12.6. The van der Waals surface area contributed by atoms with Gasteiger partial charge in [-0.1, -0.05) is 52.3 Å². The van der Waals surface area contributed by atoms with Crippen LogP contribution in [0, 0.1) is 12.7 Å². The molecule has 1 unspecified atom stereocenters. The van der Waals surface area contributed by atoms with Crippen LogP contribution in [0.2, 0.25) is 0 Å². The lowest BCUT2D eigenvalue weighted by atomic mass is 9.92. The maximum absolute atomic E-state index is 13.6. The molecule has 0 aromatic heterocycles. The van der Waals surface area contributed by atoms with Gasteiger partial charge in [0.2, 0.25) is 0 Å². The lowest BCUT2D eigenvalue weighted by Crippen LogP contribution is -2.04. The monoisotopic (exact) mass is 344 g/mol. The van der Waals surface area contributed by atoms with Gasteiger partial charge in [0, 0.05) is 4.47 Å². The molecule has 0 aliphatic carbocycles. The van der Waals surface area contributed by atoms with Crippen LogP contribution in [-0.4, -0.2) is 5.11 Å². The quantitative estimate of drug-likeness (QED) is 0.683. The predicted octanol–water partition coefficient (Wildman–Crippen LogP) is 5.13. The molecule has 0 fully saturated rings. The van der Waals surface area contributed by atoms with Gasteiger partial charge in [0.15, 0.2) is 0 Å². The van der Waals surface area contributed by atoms with Crippen molar-refractivity contribution in [2.24, 2.45) is 0 Å². The maximum Gasteiger partial charge on any atom is 0.124 e. The smallest absolute Gasteiger partial charge is 0.124 e. The molecule has 21 heavy (non-hydrogen) atoms. The number of aliphatic hydroxyl groups is 1. The summed E-state index contributed by atoms with van der Waals surface area (Å²) >= 11 is 3.27. The molecule has 3 aromatic carbocycles. The van der Waals surface area contributed by atoms with Crippen LogP contribution in [0.4, 0.5) is 4.39 Å². The van der Waals surface area contributed by atoms with Crippen LogP contribution in [-0.2, 0) is 0 Å². The summed E-state index contributed by atoms with van der Waals surface area (Å²) < 4.78 is 14.2. The molecule has 106 valence electrons. The number of benzene rings is 3. The summed E-state index contributed by atoms with van der Waals surface area (Å²) in [6.45, 7) is 1.96. The van der Waals surface area contributed by atoms with Gasteiger partial charge < -0.3 is 5.11 Å². The second-order valence-electron chi connectivity index (χ2n) is 5.12. The molecule has 0 aliphatic heterocycles. The molecule has 0 bridgehead atoms. The van der Waals surface area contributed by atoms with E-state index in [4.69, 9.17) is 0 Å². The van der Waals surface area contributed by atoms with Crippen LogP contribution in [0.25, 0.3) is 10.8 Å². The van der Waals surface area contributed by atoms with Crippen molar-refractivity contribution < 1.29 is 9.50 Å². The van der Waals surface area contributed by atoms with Gasteiger partial charge in [-0.2, -0.15) is 0 Å². The molecule has 0 saturated carbocycles. The van der Waals surface area contributed by atoms with E-state index >= 15 is 0 Å². The van der Waals surface area contributed by atoms with E-state index in [1.54, 1.807) is 6.07 Å². The van der Waals surface area contributed by atoms with Gasteiger partial charge in [0.1, 0.15) is 11.9 Å². The van der Waals surface area contributed by atoms with Gasteiger partial charge in [-0.25, -0.2) is 4.39 Å². The molecule has 3 heteroatoms. The van der Waals surface area contributed by atoms with Gasteiger partial charge in [0.05, 0.1) is 0 Å². The molecule has 0 radical (unpaired) electrons. The lowest BCUT2D eigenvalue weighted by Gasteiger charge is -2.17. The van der Waals surface area contributed by atoms with Crippen molar-refractivity contribution in [1.82, 2.24) is 0 Å². The van der Waals surface area contributed by atoms with E-state index in [1.807, 2.05) is 43.3 Å². The van der Waals surface area contributed by atoms with E-state index in [0.29, 0.717) is 10.0 Å². The zero-order chi connectivity index (χ0) is 15.0. The minimum atomic E-state index is -0.858. The topological polar surface area (TPSA) is 20.2 Å². The highest BCUT2D eigenvalue weighted by atomic mass is 79.9. The number of hydrogen-bond donors (Lipinski definition) is 1. The van der Waals surface area contributed by atoms with Crippen molar-refractivity contribution in [3.63, 3.8) is 0 Å². The van der Waals surface area contributed by atoms with Crippen LogP contribution in [0.3, 0.4) is 0 Å². The van der Waals surface area contributed by atoms with Gasteiger partial charge >= 0.3 is 0 Å². The molecule has 0 heterocycles. The van der Waals surface area contributed by atoms with Crippen molar-refractivity contribution in [3.05, 3.63) is 81.6 Å². The number of rotatable bonds is 2. The zero-order valence-electron chi connectivity index (χ0n) is 11.5. The van der Waals surface area contributed by atoms with Gasteiger partial charge in [-0.3, -0.25) is 0 Å². The minimum Gasteiger partial charge on any atom is -0.384 e. The fourth-order valence-corrected chi connectivity index (χ4v) is 3.15. The number of aryl methyl sites for hydroxylation is 1. The van der Waals surface area contributed by atoms with Crippen LogP contribution in [0.1, 0.15) is 22.8 Å². The van der Waals surface area contributed by atoms with Crippen molar-refractivity contribution in [3.8, 4) is 0 Å². The van der Waals surface area contributed by atoms with E-state index in [-0.39, 0.29) is 5.82 Å². The van der Waals surface area contributed by atoms with E-state index in [2.05, 4.69) is 15.9 Å². The fourth-order valence-electron chi connectivity index (χ4n) is 2.67. The maximum atomic E-state index is 13.6. The van der Waals surface area contributed by atoms with Gasteiger partial charge in [-0.05, 0) is 52.6 Å². The fraction of sp³-hybridized carbons (Fsp3) is 0.111. The number of aliphatic hydroxyl groups excluding tert-OH is 1. The van der Waals surface area contributed by atoms with Crippen LogP contribution < -0.4 is 0 Å². The van der Waals surface area contributed by atoms with Gasteiger partial charge in [-0.15, -0.1) is 0 Å². The van der Waals surface area contributed by atoms with Crippen LogP contribution in [0.15, 0.2) is 59.1 Å². The molecular weight excluding hydrogens is 331 g/mol.